The summed E-state index contributed by atoms with van der Waals surface area (Å²) in [6.07, 6.45) is 0. The second-order valence-corrected chi connectivity index (χ2v) is 6.12. The SMILES string of the molecule is COC(=O)c1ccc(CSc2ccc(NC(=O)c3ccccc3)nn2)o1. The Morgan fingerprint density at radius 2 is 1.88 bits per heavy atom. The molecule has 0 atom stereocenters. The highest BCUT2D eigenvalue weighted by atomic mass is 32.2. The molecule has 132 valence electrons. The van der Waals surface area contributed by atoms with Crippen LogP contribution in [0.25, 0.3) is 0 Å². The first-order valence-electron chi connectivity index (χ1n) is 7.65. The highest BCUT2D eigenvalue weighted by Crippen LogP contribution is 2.22. The molecule has 2 heterocycles. The normalized spacial score (nSPS) is 10.3. The number of hydrogen-bond donors (Lipinski definition) is 1. The second-order valence-electron chi connectivity index (χ2n) is 5.12. The number of carbonyl (C=O) groups excluding carboxylic acids is 2. The molecule has 3 rings (SSSR count). The van der Waals surface area contributed by atoms with Crippen molar-refractivity contribution in [3.63, 3.8) is 0 Å². The monoisotopic (exact) mass is 369 g/mol. The number of amides is 1. The van der Waals surface area contributed by atoms with Gasteiger partial charge in [0.2, 0.25) is 5.76 Å². The van der Waals surface area contributed by atoms with Gasteiger partial charge in [-0.05, 0) is 36.4 Å². The Kier molecular flexibility index (Phi) is 5.65. The third kappa shape index (κ3) is 4.48. The minimum absolute atomic E-state index is 0.160. The van der Waals surface area contributed by atoms with Crippen molar-refractivity contribution < 1.29 is 18.7 Å². The van der Waals surface area contributed by atoms with Gasteiger partial charge >= 0.3 is 5.97 Å². The summed E-state index contributed by atoms with van der Waals surface area (Å²) in [6.45, 7) is 0. The van der Waals surface area contributed by atoms with Crippen LogP contribution in [0.5, 0.6) is 0 Å². The average Bonchev–Trinajstić information content (AvgIpc) is 3.16. The maximum atomic E-state index is 12.1. The van der Waals surface area contributed by atoms with E-state index in [2.05, 4.69) is 20.3 Å². The third-order valence-electron chi connectivity index (χ3n) is 3.33. The largest absolute Gasteiger partial charge is 0.463 e. The van der Waals surface area contributed by atoms with E-state index in [-0.39, 0.29) is 11.7 Å². The number of rotatable bonds is 6. The molecule has 0 radical (unpaired) electrons. The number of nitrogens with one attached hydrogen (secondary N) is 1. The van der Waals surface area contributed by atoms with E-state index in [1.807, 2.05) is 6.07 Å². The summed E-state index contributed by atoms with van der Waals surface area (Å²) in [5.74, 6) is 0.883. The van der Waals surface area contributed by atoms with Gasteiger partial charge in [-0.3, -0.25) is 4.79 Å². The Hall–Kier alpha value is -3.13. The van der Waals surface area contributed by atoms with E-state index < -0.39 is 5.97 Å². The first-order valence-corrected chi connectivity index (χ1v) is 8.64. The lowest BCUT2D eigenvalue weighted by molar-refractivity contribution is 0.0563. The van der Waals surface area contributed by atoms with Gasteiger partial charge in [-0.1, -0.05) is 30.0 Å². The molecule has 7 nitrogen and oxygen atoms in total. The third-order valence-corrected chi connectivity index (χ3v) is 4.27. The molecule has 0 unspecified atom stereocenters. The molecule has 0 fully saturated rings. The fourth-order valence-electron chi connectivity index (χ4n) is 2.05. The standard InChI is InChI=1S/C18H15N3O4S/c1-24-18(23)14-8-7-13(25-14)11-26-16-10-9-15(20-21-16)19-17(22)12-5-3-2-4-6-12/h2-10H,11H2,1H3,(H,19,20,22). The Labute approximate surface area is 153 Å². The molecule has 0 aliphatic carbocycles. The van der Waals surface area contributed by atoms with Gasteiger partial charge < -0.3 is 14.5 Å². The molecule has 1 N–H and O–H groups in total. The van der Waals surface area contributed by atoms with E-state index in [0.717, 1.165) is 0 Å². The van der Waals surface area contributed by atoms with Crippen molar-refractivity contribution in [2.45, 2.75) is 10.8 Å². The minimum atomic E-state index is -0.514. The van der Waals surface area contributed by atoms with E-state index in [4.69, 9.17) is 4.42 Å². The second kappa shape index (κ2) is 8.30. The number of furan rings is 1. The summed E-state index contributed by atoms with van der Waals surface area (Å²) in [5.41, 5.74) is 0.548. The van der Waals surface area contributed by atoms with Gasteiger partial charge in [-0.2, -0.15) is 0 Å². The maximum absolute atomic E-state index is 12.1. The Morgan fingerprint density at radius 3 is 2.58 bits per heavy atom. The van der Waals surface area contributed by atoms with Crippen molar-refractivity contribution >= 4 is 29.5 Å². The summed E-state index contributed by atoms with van der Waals surface area (Å²) >= 11 is 1.40. The minimum Gasteiger partial charge on any atom is -0.463 e. The van der Waals surface area contributed by atoms with E-state index in [1.165, 1.54) is 18.9 Å². The molecule has 1 amide bonds. The zero-order chi connectivity index (χ0) is 18.4. The maximum Gasteiger partial charge on any atom is 0.373 e. The van der Waals surface area contributed by atoms with Crippen LogP contribution in [0.2, 0.25) is 0 Å². The number of ether oxygens (including phenoxy) is 1. The lowest BCUT2D eigenvalue weighted by Gasteiger charge is -2.04. The summed E-state index contributed by atoms with van der Waals surface area (Å²) in [7, 11) is 1.30. The molecule has 26 heavy (non-hydrogen) atoms. The molecule has 3 aromatic rings. The van der Waals surface area contributed by atoms with E-state index >= 15 is 0 Å². The number of anilines is 1. The molecular formula is C18H15N3O4S. The van der Waals surface area contributed by atoms with E-state index in [9.17, 15) is 9.59 Å². The fraction of sp³-hybridized carbons (Fsp3) is 0.111. The van der Waals surface area contributed by atoms with Crippen molar-refractivity contribution in [1.82, 2.24) is 10.2 Å². The topological polar surface area (TPSA) is 94.3 Å². The van der Waals surface area contributed by atoms with Crippen LogP contribution in [-0.2, 0) is 10.5 Å². The molecule has 1 aromatic carbocycles. The van der Waals surface area contributed by atoms with Crippen molar-refractivity contribution in [1.29, 1.82) is 0 Å². The molecule has 0 aliphatic rings. The number of thioether (sulfide) groups is 1. The zero-order valence-corrected chi connectivity index (χ0v) is 14.7. The molecule has 8 heteroatoms. The van der Waals surface area contributed by atoms with Crippen LogP contribution in [-0.4, -0.2) is 29.2 Å². The van der Waals surface area contributed by atoms with Gasteiger partial charge in [-0.25, -0.2) is 4.79 Å². The van der Waals surface area contributed by atoms with Crippen LogP contribution in [0.1, 0.15) is 26.7 Å². The highest BCUT2D eigenvalue weighted by molar-refractivity contribution is 7.98. The Balaban J connectivity index is 1.55. The van der Waals surface area contributed by atoms with Crippen molar-refractivity contribution in [3.05, 3.63) is 71.7 Å². The van der Waals surface area contributed by atoms with Crippen molar-refractivity contribution in [2.24, 2.45) is 0 Å². The molecule has 0 aliphatic heterocycles. The van der Waals surface area contributed by atoms with Gasteiger partial charge in [0.15, 0.2) is 5.82 Å². The lowest BCUT2D eigenvalue weighted by atomic mass is 10.2. The Bertz CT molecular complexity index is 894. The van der Waals surface area contributed by atoms with Crippen LogP contribution in [0.3, 0.4) is 0 Å². The van der Waals surface area contributed by atoms with Crippen LogP contribution < -0.4 is 5.32 Å². The molecule has 0 saturated heterocycles. The molecule has 0 saturated carbocycles. The number of esters is 1. The summed E-state index contributed by atoms with van der Waals surface area (Å²) in [6, 6.07) is 15.6. The highest BCUT2D eigenvalue weighted by Gasteiger charge is 2.12. The number of aromatic nitrogens is 2. The van der Waals surface area contributed by atoms with Gasteiger partial charge in [0.1, 0.15) is 10.8 Å². The van der Waals surface area contributed by atoms with E-state index in [1.54, 1.807) is 48.5 Å². The van der Waals surface area contributed by atoms with Crippen LogP contribution >= 0.6 is 11.8 Å². The number of benzene rings is 1. The number of carbonyl (C=O) groups is 2. The number of methoxy groups -OCH3 is 1. The molecule has 2 aromatic heterocycles. The summed E-state index contributed by atoms with van der Waals surface area (Å²) in [4.78, 5) is 23.4. The van der Waals surface area contributed by atoms with Crippen molar-refractivity contribution in [2.75, 3.05) is 12.4 Å². The van der Waals surface area contributed by atoms with Crippen LogP contribution in [0.4, 0.5) is 5.82 Å². The average molecular weight is 369 g/mol. The molecule has 0 bridgehead atoms. The molecular weight excluding hydrogens is 354 g/mol. The lowest BCUT2D eigenvalue weighted by Crippen LogP contribution is -2.13. The first kappa shape index (κ1) is 17.7. The molecule has 0 spiro atoms. The smallest absolute Gasteiger partial charge is 0.373 e. The quantitative estimate of drug-likeness (QED) is 0.525. The summed E-state index contributed by atoms with van der Waals surface area (Å²) in [5, 5.41) is 11.4. The first-order chi connectivity index (χ1) is 12.7. The van der Waals surface area contributed by atoms with Crippen molar-refractivity contribution in [3.8, 4) is 0 Å². The predicted octanol–water partition coefficient (Wildman–Crippen LogP) is 3.40. The number of nitrogens with zero attached hydrogens (tertiary/aromatic N) is 2. The van der Waals surface area contributed by atoms with E-state index in [0.29, 0.717) is 27.9 Å². The number of hydrogen-bond acceptors (Lipinski definition) is 7. The zero-order valence-electron chi connectivity index (χ0n) is 13.8. The van der Waals surface area contributed by atoms with Crippen LogP contribution in [0, 0.1) is 0 Å². The fourth-order valence-corrected chi connectivity index (χ4v) is 2.76. The van der Waals surface area contributed by atoms with Gasteiger partial charge in [0.25, 0.3) is 5.91 Å². The van der Waals surface area contributed by atoms with Crippen LogP contribution in [0.15, 0.2) is 64.0 Å². The summed E-state index contributed by atoms with van der Waals surface area (Å²) < 4.78 is 9.98. The Morgan fingerprint density at radius 1 is 1.08 bits per heavy atom. The van der Waals surface area contributed by atoms with Gasteiger partial charge in [0, 0.05) is 5.56 Å². The predicted molar refractivity (Wildman–Crippen MR) is 96.0 cm³/mol. The van der Waals surface area contributed by atoms with Gasteiger partial charge in [0.05, 0.1) is 12.9 Å². The van der Waals surface area contributed by atoms with Gasteiger partial charge in [-0.15, -0.1) is 10.2 Å².